The van der Waals surface area contributed by atoms with Crippen molar-refractivity contribution in [3.63, 3.8) is 0 Å². The Kier molecular flexibility index (Phi) is 7.21. The first-order valence-electron chi connectivity index (χ1n) is 8.86. The van der Waals surface area contributed by atoms with E-state index in [4.69, 9.17) is 15.1 Å². The Balaban J connectivity index is 2.46. The molecule has 6 heteroatoms. The molecule has 2 aromatic carbocycles. The molecule has 1 atom stereocenters. The fraction of sp³-hybridized carbons (Fsp3) is 0.333. The summed E-state index contributed by atoms with van der Waals surface area (Å²) < 4.78 is 5.66. The number of rotatable bonds is 9. The lowest BCUT2D eigenvalue weighted by Crippen LogP contribution is -2.22. The maximum atomic E-state index is 12.0. The molecule has 0 aliphatic rings. The number of aliphatic hydroxyl groups is 1. The predicted molar refractivity (Wildman–Crippen MR) is 103 cm³/mol. The summed E-state index contributed by atoms with van der Waals surface area (Å²) in [6.45, 7) is 3.87. The van der Waals surface area contributed by atoms with Gasteiger partial charge in [-0.2, -0.15) is 5.26 Å². The lowest BCUT2D eigenvalue weighted by Gasteiger charge is -2.22. The first-order valence-corrected chi connectivity index (χ1v) is 8.86. The zero-order valence-corrected chi connectivity index (χ0v) is 15.5. The second-order valence-corrected chi connectivity index (χ2v) is 6.26. The molecule has 0 bridgehead atoms. The van der Waals surface area contributed by atoms with Gasteiger partial charge in [0.15, 0.2) is 6.04 Å². The molecule has 0 aliphatic carbocycles. The van der Waals surface area contributed by atoms with E-state index in [0.717, 1.165) is 24.0 Å². The molecule has 0 radical (unpaired) electrons. The van der Waals surface area contributed by atoms with Crippen LogP contribution in [0.3, 0.4) is 0 Å². The Hall–Kier alpha value is -3.04. The van der Waals surface area contributed by atoms with Gasteiger partial charge in [0.2, 0.25) is 0 Å². The molecule has 0 fully saturated rings. The van der Waals surface area contributed by atoms with Crippen molar-refractivity contribution < 1.29 is 19.7 Å². The smallest absolute Gasteiger partial charge is 0.330 e. The minimum absolute atomic E-state index is 0.0875. The molecule has 142 valence electrons. The van der Waals surface area contributed by atoms with Crippen molar-refractivity contribution in [1.29, 1.82) is 5.26 Å². The normalized spacial score (nSPS) is 11.5. The second-order valence-electron chi connectivity index (χ2n) is 6.26. The number of hydrogen-bond acceptors (Lipinski definition) is 5. The summed E-state index contributed by atoms with van der Waals surface area (Å²) >= 11 is 0. The molecule has 0 saturated heterocycles. The van der Waals surface area contributed by atoms with Crippen LogP contribution in [-0.4, -0.2) is 29.4 Å². The van der Waals surface area contributed by atoms with Gasteiger partial charge in [-0.15, -0.1) is 0 Å². The summed E-state index contributed by atoms with van der Waals surface area (Å²) in [5.74, 6) is -0.571. The van der Waals surface area contributed by atoms with Crippen molar-refractivity contribution in [3.8, 4) is 11.8 Å². The molecular weight excluding hydrogens is 344 g/mol. The first-order chi connectivity index (χ1) is 13.0. The average molecular weight is 368 g/mol. The Morgan fingerprint density at radius 1 is 1.30 bits per heavy atom. The molecule has 3 N–H and O–H groups in total. The van der Waals surface area contributed by atoms with Gasteiger partial charge in [-0.05, 0) is 54.8 Å². The third-order valence-corrected chi connectivity index (χ3v) is 4.12. The van der Waals surface area contributed by atoms with Crippen LogP contribution >= 0.6 is 0 Å². The minimum atomic E-state index is -1.04. The van der Waals surface area contributed by atoms with Gasteiger partial charge < -0.3 is 20.3 Å². The standard InChI is InChI=1S/C21H24N2O4/c1-3-4-16-11-14(2)20(27-10-9-24)18(12-16)19(21(25)26)23-17-7-5-15(13-22)6-8-17/h5-8,11-12,19,23-24H,3-4,9-10H2,1-2H3,(H,25,26). The second kappa shape index (κ2) is 9.60. The van der Waals surface area contributed by atoms with Crippen molar-refractivity contribution in [1.82, 2.24) is 0 Å². The molecule has 0 spiro atoms. The van der Waals surface area contributed by atoms with E-state index in [1.807, 2.05) is 25.1 Å². The van der Waals surface area contributed by atoms with Gasteiger partial charge >= 0.3 is 5.97 Å². The van der Waals surface area contributed by atoms with Crippen LogP contribution < -0.4 is 10.1 Å². The SMILES string of the molecule is CCCc1cc(C)c(OCCO)c(C(Nc2ccc(C#N)cc2)C(=O)O)c1. The van der Waals surface area contributed by atoms with Crippen molar-refractivity contribution in [2.45, 2.75) is 32.7 Å². The van der Waals surface area contributed by atoms with Crippen LogP contribution in [0.5, 0.6) is 5.75 Å². The molecule has 0 aliphatic heterocycles. The van der Waals surface area contributed by atoms with Gasteiger partial charge in [0, 0.05) is 11.3 Å². The monoisotopic (exact) mass is 368 g/mol. The van der Waals surface area contributed by atoms with Crippen LogP contribution in [0.4, 0.5) is 5.69 Å². The Morgan fingerprint density at radius 2 is 2.00 bits per heavy atom. The van der Waals surface area contributed by atoms with Gasteiger partial charge in [0.05, 0.1) is 18.2 Å². The van der Waals surface area contributed by atoms with E-state index in [1.165, 1.54) is 0 Å². The van der Waals surface area contributed by atoms with Crippen LogP contribution in [0.15, 0.2) is 36.4 Å². The topological polar surface area (TPSA) is 103 Å². The fourth-order valence-electron chi connectivity index (χ4n) is 2.95. The highest BCUT2D eigenvalue weighted by molar-refractivity contribution is 5.81. The summed E-state index contributed by atoms with van der Waals surface area (Å²) in [5.41, 5.74) is 3.48. The third-order valence-electron chi connectivity index (χ3n) is 4.12. The lowest BCUT2D eigenvalue weighted by molar-refractivity contribution is -0.138. The molecule has 0 saturated carbocycles. The number of aliphatic carboxylic acids is 1. The molecule has 1 unspecified atom stereocenters. The quantitative estimate of drug-likeness (QED) is 0.627. The number of nitriles is 1. The number of carboxylic acid groups (broad SMARTS) is 1. The van der Waals surface area contributed by atoms with Gasteiger partial charge in [0.25, 0.3) is 0 Å². The largest absolute Gasteiger partial charge is 0.491 e. The number of nitrogens with one attached hydrogen (secondary N) is 1. The van der Waals surface area contributed by atoms with E-state index in [0.29, 0.717) is 22.6 Å². The minimum Gasteiger partial charge on any atom is -0.491 e. The molecule has 0 aromatic heterocycles. The number of ether oxygens (including phenoxy) is 1. The number of hydrogen-bond donors (Lipinski definition) is 3. The van der Waals surface area contributed by atoms with E-state index >= 15 is 0 Å². The van der Waals surface area contributed by atoms with Crippen molar-refractivity contribution in [3.05, 3.63) is 58.7 Å². The van der Waals surface area contributed by atoms with Crippen molar-refractivity contribution >= 4 is 11.7 Å². The first kappa shape index (κ1) is 20.3. The highest BCUT2D eigenvalue weighted by Crippen LogP contribution is 2.33. The molecule has 2 aromatic rings. The van der Waals surface area contributed by atoms with Crippen LogP contribution in [-0.2, 0) is 11.2 Å². The van der Waals surface area contributed by atoms with E-state index in [2.05, 4.69) is 12.2 Å². The van der Waals surface area contributed by atoms with Gasteiger partial charge in [-0.1, -0.05) is 19.4 Å². The van der Waals surface area contributed by atoms with Crippen LogP contribution in [0.25, 0.3) is 0 Å². The van der Waals surface area contributed by atoms with Crippen molar-refractivity contribution in [2.24, 2.45) is 0 Å². The number of benzene rings is 2. The number of aliphatic hydroxyl groups excluding tert-OH is 1. The maximum Gasteiger partial charge on any atom is 0.330 e. The highest BCUT2D eigenvalue weighted by atomic mass is 16.5. The van der Waals surface area contributed by atoms with Gasteiger partial charge in [-0.3, -0.25) is 0 Å². The van der Waals surface area contributed by atoms with E-state index < -0.39 is 12.0 Å². The fourth-order valence-corrected chi connectivity index (χ4v) is 2.95. The van der Waals surface area contributed by atoms with E-state index in [1.54, 1.807) is 24.3 Å². The zero-order chi connectivity index (χ0) is 19.8. The van der Waals surface area contributed by atoms with E-state index in [-0.39, 0.29) is 13.2 Å². The molecular formula is C21H24N2O4. The van der Waals surface area contributed by atoms with Crippen LogP contribution in [0.2, 0.25) is 0 Å². The molecule has 2 rings (SSSR count). The Labute approximate surface area is 159 Å². The number of nitrogens with zero attached hydrogens (tertiary/aromatic N) is 1. The predicted octanol–water partition coefficient (Wildman–Crippen LogP) is 3.43. The summed E-state index contributed by atoms with van der Waals surface area (Å²) in [6, 6.07) is 11.4. The number of carboxylic acids is 1. The number of aryl methyl sites for hydroxylation is 2. The molecule has 0 amide bonds. The van der Waals surface area contributed by atoms with Gasteiger partial charge in [0.1, 0.15) is 12.4 Å². The molecule has 27 heavy (non-hydrogen) atoms. The van der Waals surface area contributed by atoms with Gasteiger partial charge in [-0.25, -0.2) is 4.79 Å². The average Bonchev–Trinajstić information content (AvgIpc) is 2.65. The summed E-state index contributed by atoms with van der Waals surface area (Å²) in [7, 11) is 0. The van der Waals surface area contributed by atoms with E-state index in [9.17, 15) is 9.90 Å². The van der Waals surface area contributed by atoms with Crippen molar-refractivity contribution in [2.75, 3.05) is 18.5 Å². The Morgan fingerprint density at radius 3 is 2.56 bits per heavy atom. The zero-order valence-electron chi connectivity index (χ0n) is 15.5. The number of anilines is 1. The summed E-state index contributed by atoms with van der Waals surface area (Å²) in [4.78, 5) is 12.0. The lowest BCUT2D eigenvalue weighted by atomic mass is 9.96. The van der Waals surface area contributed by atoms with Crippen LogP contribution in [0.1, 0.15) is 41.6 Å². The maximum absolute atomic E-state index is 12.0. The summed E-state index contributed by atoms with van der Waals surface area (Å²) in [6.07, 6.45) is 1.77. The molecule has 0 heterocycles. The highest BCUT2D eigenvalue weighted by Gasteiger charge is 2.25. The van der Waals surface area contributed by atoms with Crippen LogP contribution in [0, 0.1) is 18.3 Å². The number of carbonyl (C=O) groups is 1. The Bertz CT molecular complexity index is 825. The summed E-state index contributed by atoms with van der Waals surface area (Å²) in [5, 5.41) is 30.8. The third kappa shape index (κ3) is 5.22. The molecule has 6 nitrogen and oxygen atoms in total.